The van der Waals surface area contributed by atoms with E-state index in [1.807, 2.05) is 36.4 Å². The van der Waals surface area contributed by atoms with Crippen LogP contribution in [0.15, 0.2) is 17.5 Å². The van der Waals surface area contributed by atoms with E-state index in [0.717, 1.165) is 4.88 Å². The van der Waals surface area contributed by atoms with Crippen molar-refractivity contribution in [2.45, 2.75) is 25.5 Å². The van der Waals surface area contributed by atoms with E-state index in [9.17, 15) is 9.90 Å². The molecule has 1 saturated heterocycles. The summed E-state index contributed by atoms with van der Waals surface area (Å²) in [5.74, 6) is 0.0745. The Balaban J connectivity index is 0.00000242. The minimum Gasteiger partial charge on any atom is -0.387 e. The smallest absolute Gasteiger partial charge is 0.227 e. The van der Waals surface area contributed by atoms with Gasteiger partial charge in [0.15, 0.2) is 0 Å². The first kappa shape index (κ1) is 19.4. The number of rotatable bonds is 6. The molecule has 0 radical (unpaired) electrons. The minimum atomic E-state index is -0.536. The summed E-state index contributed by atoms with van der Waals surface area (Å²) in [7, 11) is 1.85. The molecule has 1 aromatic rings. The van der Waals surface area contributed by atoms with Crippen LogP contribution in [-0.4, -0.2) is 55.3 Å². The predicted molar refractivity (Wildman–Crippen MR) is 90.6 cm³/mol. The molecule has 3 atom stereocenters. The molecule has 126 valence electrons. The maximum absolute atomic E-state index is 12.5. The number of aliphatic hydroxyl groups excluding tert-OH is 1. The molecule has 22 heavy (non-hydrogen) atoms. The zero-order chi connectivity index (χ0) is 15.2. The predicted octanol–water partition coefficient (Wildman–Crippen LogP) is 1.68. The Bertz CT molecular complexity index is 444. The van der Waals surface area contributed by atoms with Gasteiger partial charge in [-0.05, 0) is 18.5 Å². The van der Waals surface area contributed by atoms with E-state index >= 15 is 0 Å². The summed E-state index contributed by atoms with van der Waals surface area (Å²) in [5, 5.41) is 15.3. The van der Waals surface area contributed by atoms with Crippen LogP contribution < -0.4 is 5.32 Å². The average Bonchev–Trinajstić information content (AvgIpc) is 3.01. The van der Waals surface area contributed by atoms with Gasteiger partial charge in [0.25, 0.3) is 0 Å². The minimum absolute atomic E-state index is 0. The molecular weight excluding hydrogens is 324 g/mol. The molecule has 0 bridgehead atoms. The van der Waals surface area contributed by atoms with E-state index < -0.39 is 6.10 Å². The molecule has 1 aliphatic rings. The number of amides is 1. The van der Waals surface area contributed by atoms with E-state index in [-0.39, 0.29) is 30.3 Å². The standard InChI is InChI=1S/C15H24N2O3S.ClH/c1-11(9-16-2)15(19)17-5-6-20-10-12(17)8-13(18)14-4-3-7-21-14;/h3-4,7,11-13,16,18H,5-6,8-10H2,1-2H3;1H. The Kier molecular flexibility index (Phi) is 8.35. The largest absolute Gasteiger partial charge is 0.387 e. The average molecular weight is 349 g/mol. The molecule has 3 unspecified atom stereocenters. The van der Waals surface area contributed by atoms with Crippen molar-refractivity contribution in [2.24, 2.45) is 5.92 Å². The van der Waals surface area contributed by atoms with Crippen molar-refractivity contribution in [3.8, 4) is 0 Å². The van der Waals surface area contributed by atoms with Crippen LogP contribution in [0.2, 0.25) is 0 Å². The SMILES string of the molecule is CNCC(C)C(=O)N1CCOCC1CC(O)c1cccs1.Cl. The number of hydrogen-bond acceptors (Lipinski definition) is 5. The van der Waals surface area contributed by atoms with Gasteiger partial charge in [-0.2, -0.15) is 0 Å². The third-order valence-corrected chi connectivity index (χ3v) is 4.78. The van der Waals surface area contributed by atoms with Crippen LogP contribution in [0.25, 0.3) is 0 Å². The normalized spacial score (nSPS) is 21.0. The molecule has 0 saturated carbocycles. The van der Waals surface area contributed by atoms with Crippen molar-refractivity contribution in [3.05, 3.63) is 22.4 Å². The highest BCUT2D eigenvalue weighted by molar-refractivity contribution is 7.10. The molecule has 2 rings (SSSR count). The summed E-state index contributed by atoms with van der Waals surface area (Å²) in [6.07, 6.45) is -0.00923. The Labute approximate surface area is 142 Å². The number of nitrogens with one attached hydrogen (secondary N) is 1. The summed E-state index contributed by atoms with van der Waals surface area (Å²) in [6.45, 7) is 4.27. The van der Waals surface area contributed by atoms with Crippen LogP contribution in [-0.2, 0) is 9.53 Å². The van der Waals surface area contributed by atoms with Gasteiger partial charge in [0.2, 0.25) is 5.91 Å². The summed E-state index contributed by atoms with van der Waals surface area (Å²) in [4.78, 5) is 15.3. The number of nitrogens with zero attached hydrogens (tertiary/aromatic N) is 1. The molecule has 2 N–H and O–H groups in total. The second-order valence-electron chi connectivity index (χ2n) is 5.49. The molecule has 1 amide bonds. The van der Waals surface area contributed by atoms with Crippen LogP contribution in [0, 0.1) is 5.92 Å². The molecule has 5 nitrogen and oxygen atoms in total. The van der Waals surface area contributed by atoms with Gasteiger partial charge in [0.1, 0.15) is 0 Å². The van der Waals surface area contributed by atoms with Gasteiger partial charge < -0.3 is 20.1 Å². The monoisotopic (exact) mass is 348 g/mol. The van der Waals surface area contributed by atoms with Crippen molar-refractivity contribution >= 4 is 29.7 Å². The van der Waals surface area contributed by atoms with E-state index in [1.54, 1.807) is 0 Å². The molecule has 7 heteroatoms. The third kappa shape index (κ3) is 4.93. The van der Waals surface area contributed by atoms with Gasteiger partial charge >= 0.3 is 0 Å². The van der Waals surface area contributed by atoms with Crippen molar-refractivity contribution < 1.29 is 14.6 Å². The fourth-order valence-electron chi connectivity index (χ4n) is 2.67. The number of thiophene rings is 1. The lowest BCUT2D eigenvalue weighted by Gasteiger charge is -2.38. The number of ether oxygens (including phenoxy) is 1. The van der Waals surface area contributed by atoms with Gasteiger partial charge in [-0.3, -0.25) is 4.79 Å². The number of carbonyl (C=O) groups excluding carboxylic acids is 1. The molecular formula is C15H25ClN2O3S. The molecule has 1 fully saturated rings. The second kappa shape index (κ2) is 9.47. The lowest BCUT2D eigenvalue weighted by Crippen LogP contribution is -2.51. The highest BCUT2D eigenvalue weighted by Gasteiger charge is 2.31. The van der Waals surface area contributed by atoms with E-state index in [1.165, 1.54) is 11.3 Å². The van der Waals surface area contributed by atoms with Gasteiger partial charge in [0, 0.05) is 30.3 Å². The maximum Gasteiger partial charge on any atom is 0.227 e. The quantitative estimate of drug-likeness (QED) is 0.821. The van der Waals surface area contributed by atoms with E-state index in [4.69, 9.17) is 4.74 Å². The Morgan fingerprint density at radius 3 is 3.05 bits per heavy atom. The first-order valence-electron chi connectivity index (χ1n) is 7.37. The van der Waals surface area contributed by atoms with E-state index in [0.29, 0.717) is 32.7 Å². The number of hydrogen-bond donors (Lipinski definition) is 2. The van der Waals surface area contributed by atoms with Crippen molar-refractivity contribution in [1.29, 1.82) is 0 Å². The van der Waals surface area contributed by atoms with Crippen LogP contribution in [0.5, 0.6) is 0 Å². The lowest BCUT2D eigenvalue weighted by atomic mass is 10.0. The number of aliphatic hydroxyl groups is 1. The fraction of sp³-hybridized carbons (Fsp3) is 0.667. The summed E-state index contributed by atoms with van der Waals surface area (Å²) in [5.41, 5.74) is 0. The third-order valence-electron chi connectivity index (χ3n) is 3.81. The zero-order valence-electron chi connectivity index (χ0n) is 13.0. The number of morpholine rings is 1. The fourth-order valence-corrected chi connectivity index (χ4v) is 3.40. The number of halogens is 1. The van der Waals surface area contributed by atoms with Crippen molar-refractivity contribution in [2.75, 3.05) is 33.4 Å². The van der Waals surface area contributed by atoms with Crippen LogP contribution in [0.4, 0.5) is 0 Å². The topological polar surface area (TPSA) is 61.8 Å². The first-order valence-corrected chi connectivity index (χ1v) is 8.25. The van der Waals surface area contributed by atoms with Gasteiger partial charge in [-0.25, -0.2) is 0 Å². The Hall–Kier alpha value is -0.660. The van der Waals surface area contributed by atoms with Crippen molar-refractivity contribution in [1.82, 2.24) is 10.2 Å². The van der Waals surface area contributed by atoms with Gasteiger partial charge in [0.05, 0.1) is 25.4 Å². The Morgan fingerprint density at radius 1 is 1.64 bits per heavy atom. The second-order valence-corrected chi connectivity index (χ2v) is 6.47. The Morgan fingerprint density at radius 2 is 2.41 bits per heavy atom. The van der Waals surface area contributed by atoms with Crippen LogP contribution in [0.1, 0.15) is 24.3 Å². The van der Waals surface area contributed by atoms with Crippen molar-refractivity contribution in [3.63, 3.8) is 0 Å². The number of carbonyl (C=O) groups is 1. The summed E-state index contributed by atoms with van der Waals surface area (Å²) in [6, 6.07) is 3.80. The van der Waals surface area contributed by atoms with Crippen LogP contribution in [0.3, 0.4) is 0 Å². The molecule has 0 aliphatic carbocycles. The molecule has 0 aromatic carbocycles. The summed E-state index contributed by atoms with van der Waals surface area (Å²) >= 11 is 1.54. The lowest BCUT2D eigenvalue weighted by molar-refractivity contribution is -0.144. The van der Waals surface area contributed by atoms with Crippen LogP contribution >= 0.6 is 23.7 Å². The highest BCUT2D eigenvalue weighted by Crippen LogP contribution is 2.26. The molecule has 0 spiro atoms. The molecule has 2 heterocycles. The van der Waals surface area contributed by atoms with Gasteiger partial charge in [-0.1, -0.05) is 13.0 Å². The van der Waals surface area contributed by atoms with Gasteiger partial charge in [-0.15, -0.1) is 23.7 Å². The van der Waals surface area contributed by atoms with E-state index in [2.05, 4.69) is 5.32 Å². The first-order chi connectivity index (χ1) is 10.1. The zero-order valence-corrected chi connectivity index (χ0v) is 14.7. The molecule has 1 aliphatic heterocycles. The maximum atomic E-state index is 12.5. The highest BCUT2D eigenvalue weighted by atomic mass is 35.5. The summed E-state index contributed by atoms with van der Waals surface area (Å²) < 4.78 is 5.50. The molecule has 1 aromatic heterocycles.